The molecule has 0 saturated carbocycles. The molecule has 2 bridgehead atoms. The highest BCUT2D eigenvalue weighted by molar-refractivity contribution is 5.24. The van der Waals surface area contributed by atoms with Crippen LogP contribution in [0.15, 0.2) is 30.3 Å². The Morgan fingerprint density at radius 2 is 1.92 bits per heavy atom. The third kappa shape index (κ3) is 1.19. The zero-order chi connectivity index (χ0) is 8.67. The highest BCUT2D eigenvalue weighted by Crippen LogP contribution is 2.39. The first kappa shape index (κ1) is 7.57. The first-order valence-corrected chi connectivity index (χ1v) is 5.24. The lowest BCUT2D eigenvalue weighted by Crippen LogP contribution is -2.21. The van der Waals surface area contributed by atoms with Crippen LogP contribution in [0.4, 0.5) is 0 Å². The van der Waals surface area contributed by atoms with Crippen molar-refractivity contribution in [2.24, 2.45) is 0 Å². The molecule has 1 heteroatoms. The van der Waals surface area contributed by atoms with Crippen LogP contribution in [0, 0.1) is 0 Å². The minimum Gasteiger partial charge on any atom is -0.311 e. The molecule has 68 valence electrons. The van der Waals surface area contributed by atoms with Crippen molar-refractivity contribution in [3.05, 3.63) is 35.9 Å². The van der Waals surface area contributed by atoms with Gasteiger partial charge >= 0.3 is 0 Å². The summed E-state index contributed by atoms with van der Waals surface area (Å²) < 4.78 is 0. The van der Waals surface area contributed by atoms with Crippen LogP contribution in [0.3, 0.4) is 0 Å². The van der Waals surface area contributed by atoms with Crippen molar-refractivity contribution >= 4 is 0 Å². The van der Waals surface area contributed by atoms with E-state index in [0.717, 1.165) is 18.0 Å². The van der Waals surface area contributed by atoms with Gasteiger partial charge in [-0.05, 0) is 24.8 Å². The van der Waals surface area contributed by atoms with Gasteiger partial charge < -0.3 is 5.32 Å². The fraction of sp³-hybridized carbons (Fsp3) is 0.500. The Bertz CT molecular complexity index is 293. The van der Waals surface area contributed by atoms with Crippen LogP contribution < -0.4 is 5.32 Å². The summed E-state index contributed by atoms with van der Waals surface area (Å²) >= 11 is 0. The SMILES string of the molecule is c1ccc([C@@H]2CC3CCC2N3)cc1. The monoisotopic (exact) mass is 173 g/mol. The molecular formula is C12H15N. The van der Waals surface area contributed by atoms with Crippen LogP contribution in [0.25, 0.3) is 0 Å². The van der Waals surface area contributed by atoms with Gasteiger partial charge in [0, 0.05) is 18.0 Å². The van der Waals surface area contributed by atoms with Gasteiger partial charge in [-0.3, -0.25) is 0 Å². The van der Waals surface area contributed by atoms with Gasteiger partial charge in [-0.1, -0.05) is 30.3 Å². The zero-order valence-corrected chi connectivity index (χ0v) is 7.74. The number of hydrogen-bond acceptors (Lipinski definition) is 1. The molecule has 13 heavy (non-hydrogen) atoms. The first-order valence-electron chi connectivity index (χ1n) is 5.24. The average molecular weight is 173 g/mol. The third-order valence-electron chi connectivity index (χ3n) is 3.53. The molecule has 0 amide bonds. The van der Waals surface area contributed by atoms with Gasteiger partial charge in [0.15, 0.2) is 0 Å². The van der Waals surface area contributed by atoms with Crippen LogP contribution in [-0.4, -0.2) is 12.1 Å². The summed E-state index contributed by atoms with van der Waals surface area (Å²) in [5, 5.41) is 3.68. The second kappa shape index (κ2) is 2.85. The topological polar surface area (TPSA) is 12.0 Å². The minimum absolute atomic E-state index is 0.771. The molecule has 1 aromatic rings. The van der Waals surface area contributed by atoms with E-state index in [0.29, 0.717) is 0 Å². The number of fused-ring (bicyclic) bond motifs is 2. The molecule has 2 fully saturated rings. The second-order valence-corrected chi connectivity index (χ2v) is 4.30. The highest BCUT2D eigenvalue weighted by Gasteiger charge is 2.39. The van der Waals surface area contributed by atoms with Gasteiger partial charge in [-0.2, -0.15) is 0 Å². The largest absolute Gasteiger partial charge is 0.311 e. The zero-order valence-electron chi connectivity index (χ0n) is 7.74. The van der Waals surface area contributed by atoms with Crippen molar-refractivity contribution < 1.29 is 0 Å². The van der Waals surface area contributed by atoms with E-state index in [-0.39, 0.29) is 0 Å². The van der Waals surface area contributed by atoms with Gasteiger partial charge in [0.2, 0.25) is 0 Å². The summed E-state index contributed by atoms with van der Waals surface area (Å²) in [7, 11) is 0. The third-order valence-corrected chi connectivity index (χ3v) is 3.53. The van der Waals surface area contributed by atoms with Crippen LogP contribution in [-0.2, 0) is 0 Å². The molecule has 2 saturated heterocycles. The molecule has 0 aliphatic carbocycles. The normalized spacial score (nSPS) is 36.8. The molecule has 2 unspecified atom stereocenters. The molecule has 3 rings (SSSR count). The van der Waals surface area contributed by atoms with Crippen LogP contribution in [0.2, 0.25) is 0 Å². The maximum Gasteiger partial charge on any atom is 0.0139 e. The van der Waals surface area contributed by atoms with E-state index in [9.17, 15) is 0 Å². The minimum atomic E-state index is 0.771. The molecule has 0 spiro atoms. The molecule has 2 aliphatic rings. The standard InChI is InChI=1S/C12H15N/c1-2-4-9(5-3-1)11-8-10-6-7-12(11)13-10/h1-5,10-13H,6-8H2/t10?,11-,12?/m0/s1. The Balaban J connectivity index is 1.87. The summed E-state index contributed by atoms with van der Waals surface area (Å²) in [6.45, 7) is 0. The summed E-state index contributed by atoms with van der Waals surface area (Å²) in [6.07, 6.45) is 4.13. The predicted molar refractivity (Wildman–Crippen MR) is 53.7 cm³/mol. The molecule has 1 N–H and O–H groups in total. The van der Waals surface area contributed by atoms with Gasteiger partial charge in [-0.25, -0.2) is 0 Å². The lowest BCUT2D eigenvalue weighted by Gasteiger charge is -2.20. The smallest absolute Gasteiger partial charge is 0.0139 e. The highest BCUT2D eigenvalue weighted by atomic mass is 15.0. The summed E-state index contributed by atoms with van der Waals surface area (Å²) in [5.74, 6) is 0.792. The van der Waals surface area contributed by atoms with Gasteiger partial charge in [0.1, 0.15) is 0 Å². The fourth-order valence-electron chi connectivity index (χ4n) is 2.89. The van der Waals surface area contributed by atoms with Crippen LogP contribution in [0.1, 0.15) is 30.7 Å². The van der Waals surface area contributed by atoms with E-state index in [1.807, 2.05) is 0 Å². The van der Waals surface area contributed by atoms with E-state index in [4.69, 9.17) is 0 Å². The predicted octanol–water partition coefficient (Wildman–Crippen LogP) is 2.29. The lowest BCUT2D eigenvalue weighted by atomic mass is 9.84. The molecule has 2 aliphatic heterocycles. The molecule has 3 atom stereocenters. The Labute approximate surface area is 79.2 Å². The molecule has 0 radical (unpaired) electrons. The lowest BCUT2D eigenvalue weighted by molar-refractivity contribution is 0.506. The Hall–Kier alpha value is -0.820. The van der Waals surface area contributed by atoms with Crippen LogP contribution >= 0.6 is 0 Å². The van der Waals surface area contributed by atoms with Crippen molar-refractivity contribution in [2.45, 2.75) is 37.3 Å². The van der Waals surface area contributed by atoms with E-state index < -0.39 is 0 Å². The average Bonchev–Trinajstić information content (AvgIpc) is 2.80. The Morgan fingerprint density at radius 1 is 1.08 bits per heavy atom. The van der Waals surface area contributed by atoms with Crippen molar-refractivity contribution in [1.82, 2.24) is 5.32 Å². The number of benzene rings is 1. The van der Waals surface area contributed by atoms with E-state index in [2.05, 4.69) is 35.6 Å². The first-order chi connectivity index (χ1) is 6.43. The molecule has 2 heterocycles. The molecule has 1 nitrogen and oxygen atoms in total. The number of rotatable bonds is 1. The van der Waals surface area contributed by atoms with Gasteiger partial charge in [0.25, 0.3) is 0 Å². The maximum atomic E-state index is 3.68. The second-order valence-electron chi connectivity index (χ2n) is 4.30. The van der Waals surface area contributed by atoms with Crippen LogP contribution in [0.5, 0.6) is 0 Å². The van der Waals surface area contributed by atoms with E-state index in [1.165, 1.54) is 24.8 Å². The quantitative estimate of drug-likeness (QED) is 0.687. The van der Waals surface area contributed by atoms with Crippen molar-refractivity contribution in [2.75, 3.05) is 0 Å². The Morgan fingerprint density at radius 3 is 2.54 bits per heavy atom. The van der Waals surface area contributed by atoms with Crippen molar-refractivity contribution in [1.29, 1.82) is 0 Å². The van der Waals surface area contributed by atoms with Gasteiger partial charge in [0.05, 0.1) is 0 Å². The summed E-state index contributed by atoms with van der Waals surface area (Å²) in [4.78, 5) is 0. The molecular weight excluding hydrogens is 158 g/mol. The summed E-state index contributed by atoms with van der Waals surface area (Å²) in [6, 6.07) is 12.5. The Kier molecular flexibility index (Phi) is 1.66. The van der Waals surface area contributed by atoms with Crippen molar-refractivity contribution in [3.8, 4) is 0 Å². The molecule has 1 aromatic carbocycles. The maximum absolute atomic E-state index is 3.68. The van der Waals surface area contributed by atoms with E-state index in [1.54, 1.807) is 0 Å². The number of nitrogens with one attached hydrogen (secondary N) is 1. The molecule has 0 aromatic heterocycles. The van der Waals surface area contributed by atoms with E-state index >= 15 is 0 Å². The summed E-state index contributed by atoms with van der Waals surface area (Å²) in [5.41, 5.74) is 1.53. The number of hydrogen-bond donors (Lipinski definition) is 1. The van der Waals surface area contributed by atoms with Crippen molar-refractivity contribution in [3.63, 3.8) is 0 Å². The van der Waals surface area contributed by atoms with Gasteiger partial charge in [-0.15, -0.1) is 0 Å². The fourth-order valence-corrected chi connectivity index (χ4v) is 2.89.